The SMILES string of the molecule is CCc1ccc(C(=O)Nc2ccc(N3CCC(C)CC3)c(C(=O)NCC3CCCO3)c2)cc1. The van der Waals surface area contributed by atoms with E-state index in [2.05, 4.69) is 29.4 Å². The van der Waals surface area contributed by atoms with E-state index in [1.165, 1.54) is 5.56 Å². The van der Waals surface area contributed by atoms with E-state index < -0.39 is 0 Å². The van der Waals surface area contributed by atoms with Gasteiger partial charge < -0.3 is 20.3 Å². The number of aryl methyl sites for hydroxylation is 1. The van der Waals surface area contributed by atoms with E-state index >= 15 is 0 Å². The second-order valence-electron chi connectivity index (χ2n) is 9.25. The van der Waals surface area contributed by atoms with Gasteiger partial charge in [-0.05, 0) is 73.9 Å². The summed E-state index contributed by atoms with van der Waals surface area (Å²) in [7, 11) is 0. The standard InChI is InChI=1S/C27H35N3O3/c1-3-20-6-8-21(9-7-20)26(31)29-22-10-11-25(30-14-12-19(2)13-15-30)24(17-22)27(32)28-18-23-5-4-16-33-23/h6-11,17,19,23H,3-5,12-16,18H2,1-2H3,(H,28,32)(H,29,31). The molecule has 0 bridgehead atoms. The van der Waals surface area contributed by atoms with Gasteiger partial charge in [0.1, 0.15) is 0 Å². The molecule has 33 heavy (non-hydrogen) atoms. The minimum Gasteiger partial charge on any atom is -0.376 e. The van der Waals surface area contributed by atoms with Crippen LogP contribution >= 0.6 is 0 Å². The van der Waals surface area contributed by atoms with Crippen molar-refractivity contribution in [2.45, 2.75) is 52.1 Å². The van der Waals surface area contributed by atoms with Crippen LogP contribution in [-0.2, 0) is 11.2 Å². The maximum absolute atomic E-state index is 13.2. The number of amides is 2. The zero-order valence-corrected chi connectivity index (χ0v) is 19.7. The van der Waals surface area contributed by atoms with Crippen molar-refractivity contribution in [2.75, 3.05) is 36.5 Å². The Morgan fingerprint density at radius 2 is 1.79 bits per heavy atom. The highest BCUT2D eigenvalue weighted by Gasteiger charge is 2.23. The molecule has 4 rings (SSSR count). The Morgan fingerprint density at radius 3 is 2.45 bits per heavy atom. The van der Waals surface area contributed by atoms with Gasteiger partial charge in [-0.15, -0.1) is 0 Å². The number of anilines is 2. The maximum atomic E-state index is 13.2. The smallest absolute Gasteiger partial charge is 0.255 e. The number of ether oxygens (including phenoxy) is 1. The lowest BCUT2D eigenvalue weighted by atomic mass is 9.97. The highest BCUT2D eigenvalue weighted by Crippen LogP contribution is 2.29. The molecular formula is C27H35N3O3. The van der Waals surface area contributed by atoms with Crippen molar-refractivity contribution in [3.8, 4) is 0 Å². The number of rotatable bonds is 7. The van der Waals surface area contributed by atoms with Gasteiger partial charge in [0.05, 0.1) is 11.7 Å². The number of carbonyl (C=O) groups is 2. The molecule has 2 amide bonds. The van der Waals surface area contributed by atoms with Gasteiger partial charge in [-0.1, -0.05) is 26.0 Å². The van der Waals surface area contributed by atoms with Crippen LogP contribution in [0.4, 0.5) is 11.4 Å². The highest BCUT2D eigenvalue weighted by atomic mass is 16.5. The minimum atomic E-state index is -0.178. The van der Waals surface area contributed by atoms with Crippen LogP contribution in [0.3, 0.4) is 0 Å². The summed E-state index contributed by atoms with van der Waals surface area (Å²) < 4.78 is 5.66. The monoisotopic (exact) mass is 449 g/mol. The highest BCUT2D eigenvalue weighted by molar-refractivity contribution is 6.06. The largest absolute Gasteiger partial charge is 0.376 e. The van der Waals surface area contributed by atoms with Crippen LogP contribution in [0, 0.1) is 5.92 Å². The predicted octanol–water partition coefficient (Wildman–Crippen LogP) is 4.65. The lowest BCUT2D eigenvalue weighted by molar-refractivity contribution is 0.0858. The van der Waals surface area contributed by atoms with Crippen molar-refractivity contribution < 1.29 is 14.3 Å². The van der Waals surface area contributed by atoms with E-state index in [0.717, 1.165) is 57.5 Å². The molecule has 6 heteroatoms. The summed E-state index contributed by atoms with van der Waals surface area (Å²) in [6, 6.07) is 13.3. The van der Waals surface area contributed by atoms with Crippen molar-refractivity contribution in [3.63, 3.8) is 0 Å². The van der Waals surface area contributed by atoms with E-state index in [1.807, 2.05) is 36.4 Å². The number of benzene rings is 2. The van der Waals surface area contributed by atoms with Crippen LogP contribution in [0.25, 0.3) is 0 Å². The molecule has 2 heterocycles. The zero-order chi connectivity index (χ0) is 23.2. The zero-order valence-electron chi connectivity index (χ0n) is 19.7. The molecule has 0 saturated carbocycles. The van der Waals surface area contributed by atoms with Crippen LogP contribution in [-0.4, -0.2) is 44.2 Å². The van der Waals surface area contributed by atoms with E-state index in [1.54, 1.807) is 6.07 Å². The first-order valence-corrected chi connectivity index (χ1v) is 12.2. The average Bonchev–Trinajstić information content (AvgIpc) is 3.37. The summed E-state index contributed by atoms with van der Waals surface area (Å²) in [6.07, 6.45) is 5.26. The van der Waals surface area contributed by atoms with Crippen LogP contribution in [0.1, 0.15) is 65.8 Å². The lowest BCUT2D eigenvalue weighted by Crippen LogP contribution is -2.36. The first-order valence-electron chi connectivity index (χ1n) is 12.2. The second kappa shape index (κ2) is 10.8. The second-order valence-corrected chi connectivity index (χ2v) is 9.25. The van der Waals surface area contributed by atoms with E-state index in [4.69, 9.17) is 4.74 Å². The molecule has 0 radical (unpaired) electrons. The molecule has 2 N–H and O–H groups in total. The van der Waals surface area contributed by atoms with Gasteiger partial charge in [-0.3, -0.25) is 9.59 Å². The third-order valence-electron chi connectivity index (χ3n) is 6.76. The quantitative estimate of drug-likeness (QED) is 0.646. The number of hydrogen-bond donors (Lipinski definition) is 2. The Hall–Kier alpha value is -2.86. The average molecular weight is 450 g/mol. The molecule has 6 nitrogen and oxygen atoms in total. The van der Waals surface area contributed by atoms with Gasteiger partial charge in [0.25, 0.3) is 11.8 Å². The van der Waals surface area contributed by atoms with Gasteiger partial charge in [-0.2, -0.15) is 0 Å². The maximum Gasteiger partial charge on any atom is 0.255 e. The van der Waals surface area contributed by atoms with Gasteiger partial charge in [0, 0.05) is 43.2 Å². The summed E-state index contributed by atoms with van der Waals surface area (Å²) in [5.74, 6) is 0.404. The molecule has 2 aromatic carbocycles. The molecule has 2 aliphatic heterocycles. The fourth-order valence-electron chi connectivity index (χ4n) is 4.52. The fourth-order valence-corrected chi connectivity index (χ4v) is 4.52. The molecule has 2 fully saturated rings. The Morgan fingerprint density at radius 1 is 1.03 bits per heavy atom. The summed E-state index contributed by atoms with van der Waals surface area (Å²) in [4.78, 5) is 28.3. The van der Waals surface area contributed by atoms with Crippen molar-refractivity contribution in [3.05, 3.63) is 59.2 Å². The lowest BCUT2D eigenvalue weighted by Gasteiger charge is -2.33. The summed E-state index contributed by atoms with van der Waals surface area (Å²) >= 11 is 0. The topological polar surface area (TPSA) is 70.7 Å². The van der Waals surface area contributed by atoms with Crippen molar-refractivity contribution in [1.29, 1.82) is 0 Å². The van der Waals surface area contributed by atoms with Gasteiger partial charge in [0.2, 0.25) is 0 Å². The van der Waals surface area contributed by atoms with Crippen molar-refractivity contribution in [2.24, 2.45) is 5.92 Å². The minimum absolute atomic E-state index is 0.0854. The first kappa shape index (κ1) is 23.3. The normalized spacial score (nSPS) is 18.8. The molecule has 0 aromatic heterocycles. The molecular weight excluding hydrogens is 414 g/mol. The van der Waals surface area contributed by atoms with Crippen LogP contribution in [0.15, 0.2) is 42.5 Å². The molecule has 0 aliphatic carbocycles. The number of nitrogens with one attached hydrogen (secondary N) is 2. The van der Waals surface area contributed by atoms with Crippen molar-refractivity contribution in [1.82, 2.24) is 5.32 Å². The summed E-state index contributed by atoms with van der Waals surface area (Å²) in [5.41, 5.74) is 3.94. The molecule has 2 aliphatic rings. The van der Waals surface area contributed by atoms with Crippen LogP contribution in [0.5, 0.6) is 0 Å². The molecule has 2 aromatic rings. The number of hydrogen-bond acceptors (Lipinski definition) is 4. The van der Waals surface area contributed by atoms with Crippen LogP contribution in [0.2, 0.25) is 0 Å². The summed E-state index contributed by atoms with van der Waals surface area (Å²) in [6.45, 7) is 7.50. The van der Waals surface area contributed by atoms with Gasteiger partial charge in [-0.25, -0.2) is 0 Å². The van der Waals surface area contributed by atoms with Gasteiger partial charge in [0.15, 0.2) is 0 Å². The Bertz CT molecular complexity index is 959. The van der Waals surface area contributed by atoms with Crippen LogP contribution < -0.4 is 15.5 Å². The number of nitrogens with zero attached hydrogens (tertiary/aromatic N) is 1. The molecule has 2 saturated heterocycles. The first-order chi connectivity index (χ1) is 16.0. The molecule has 1 atom stereocenters. The third kappa shape index (κ3) is 5.93. The van der Waals surface area contributed by atoms with E-state index in [-0.39, 0.29) is 17.9 Å². The van der Waals surface area contributed by atoms with Gasteiger partial charge >= 0.3 is 0 Å². The van der Waals surface area contributed by atoms with E-state index in [0.29, 0.717) is 29.3 Å². The van der Waals surface area contributed by atoms with E-state index in [9.17, 15) is 9.59 Å². The molecule has 0 spiro atoms. The third-order valence-corrected chi connectivity index (χ3v) is 6.76. The molecule has 176 valence electrons. The van der Waals surface area contributed by atoms with Crippen molar-refractivity contribution >= 4 is 23.2 Å². The number of carbonyl (C=O) groups excluding carboxylic acids is 2. The fraction of sp³-hybridized carbons (Fsp3) is 0.481. The Kier molecular flexibility index (Phi) is 7.65. The molecule has 1 unspecified atom stereocenters. The Labute approximate surface area is 196 Å². The summed E-state index contributed by atoms with van der Waals surface area (Å²) in [5, 5.41) is 6.01. The predicted molar refractivity (Wildman–Crippen MR) is 132 cm³/mol. The number of piperidine rings is 1. The Balaban J connectivity index is 1.52.